The van der Waals surface area contributed by atoms with Crippen LogP contribution in [0.25, 0.3) is 16.7 Å². The number of hydrogen-bond acceptors (Lipinski definition) is 0. The lowest BCUT2D eigenvalue weighted by molar-refractivity contribution is 0.786. The van der Waals surface area contributed by atoms with Crippen LogP contribution >= 0.6 is 0 Å². The largest absolute Gasteiger partial charge is 0.0987 e. The van der Waals surface area contributed by atoms with Gasteiger partial charge in [-0.15, -0.1) is 0 Å². The minimum atomic E-state index is -0.264. The van der Waals surface area contributed by atoms with E-state index in [1.807, 2.05) is 0 Å². The summed E-state index contributed by atoms with van der Waals surface area (Å²) in [4.78, 5) is 0. The highest BCUT2D eigenvalue weighted by Gasteiger charge is 2.51. The summed E-state index contributed by atoms with van der Waals surface area (Å²) in [5, 5.41) is 0. The smallest absolute Gasteiger partial charge is 0.0725 e. The Morgan fingerprint density at radius 3 is 1.52 bits per heavy atom. The molecule has 0 unspecified atom stereocenters. The van der Waals surface area contributed by atoms with Crippen molar-refractivity contribution in [2.24, 2.45) is 0 Å². The Kier molecular flexibility index (Phi) is 6.18. The fourth-order valence-corrected chi connectivity index (χ4v) is 4.96. The molecule has 0 nitrogen and oxygen atoms in total. The molecule has 0 amide bonds. The van der Waals surface area contributed by atoms with Crippen LogP contribution in [0.4, 0.5) is 0 Å². The molecule has 2 aliphatic rings. The van der Waals surface area contributed by atoms with Crippen molar-refractivity contribution in [2.75, 3.05) is 0 Å². The molecule has 5 rings (SSSR count). The van der Waals surface area contributed by atoms with E-state index < -0.39 is 0 Å². The van der Waals surface area contributed by atoms with E-state index in [0.717, 1.165) is 0 Å². The zero-order chi connectivity index (χ0) is 17.7. The van der Waals surface area contributed by atoms with Gasteiger partial charge in [0.05, 0.1) is 5.41 Å². The summed E-state index contributed by atoms with van der Waals surface area (Å²) in [6.45, 7) is 6.31. The molecule has 0 heterocycles. The molecule has 29 heavy (non-hydrogen) atoms. The van der Waals surface area contributed by atoms with Gasteiger partial charge in [-0.3, -0.25) is 0 Å². The molecule has 0 saturated carbocycles. The maximum absolute atomic E-state index is 4.23. The van der Waals surface area contributed by atoms with Crippen molar-refractivity contribution in [3.63, 3.8) is 0 Å². The van der Waals surface area contributed by atoms with Gasteiger partial charge in [0.15, 0.2) is 0 Å². The summed E-state index contributed by atoms with van der Waals surface area (Å²) in [6, 6.07) is 26.5. The highest BCUT2D eigenvalue weighted by molar-refractivity contribution is 5.97. The normalized spacial score (nSPS) is 14.4. The molecule has 0 bridgehead atoms. The highest BCUT2D eigenvalue weighted by Crippen LogP contribution is 2.61. The van der Waals surface area contributed by atoms with Crippen molar-refractivity contribution in [3.05, 3.63) is 125 Å². The van der Waals surface area contributed by atoms with Gasteiger partial charge in [-0.05, 0) is 51.5 Å². The number of allylic oxidation sites excluding steroid dienone is 5. The Morgan fingerprint density at radius 2 is 1.07 bits per heavy atom. The Morgan fingerprint density at radius 1 is 0.655 bits per heavy atom. The van der Waals surface area contributed by atoms with E-state index in [4.69, 9.17) is 0 Å². The second-order valence-corrected chi connectivity index (χ2v) is 6.92. The summed E-state index contributed by atoms with van der Waals surface area (Å²) in [5.41, 5.74) is 10.4. The highest BCUT2D eigenvalue weighted by atomic mass is 14.5. The first-order valence-corrected chi connectivity index (χ1v) is 9.13. The Labute approximate surface area is 176 Å². The number of hydrogen-bond donors (Lipinski definition) is 0. The van der Waals surface area contributed by atoms with Gasteiger partial charge in [-0.2, -0.15) is 0 Å². The first kappa shape index (κ1) is 22.2. The van der Waals surface area contributed by atoms with Gasteiger partial charge >= 0.3 is 0 Å². The van der Waals surface area contributed by atoms with Crippen molar-refractivity contribution >= 4 is 5.57 Å². The summed E-state index contributed by atoms with van der Waals surface area (Å²) >= 11 is 0. The lowest BCUT2D eigenvalue weighted by atomic mass is 9.69. The van der Waals surface area contributed by atoms with Crippen LogP contribution in [0.1, 0.15) is 51.5 Å². The van der Waals surface area contributed by atoms with Crippen molar-refractivity contribution in [3.8, 4) is 11.1 Å². The number of fused-ring (bicyclic) bond motifs is 7. The zero-order valence-corrected chi connectivity index (χ0v) is 14.9. The van der Waals surface area contributed by atoms with Gasteiger partial charge in [-0.25, -0.2) is 0 Å². The average molecular weight is 381 g/mol. The number of benzene rings is 3. The van der Waals surface area contributed by atoms with Gasteiger partial charge < -0.3 is 0 Å². The molecule has 0 heteroatoms. The van der Waals surface area contributed by atoms with Crippen molar-refractivity contribution in [1.82, 2.24) is 0 Å². The number of rotatable bonds is 2. The molecule has 0 fully saturated rings. The van der Waals surface area contributed by atoms with Crippen molar-refractivity contribution in [1.29, 1.82) is 0 Å². The molecular formula is C29H32. The fourth-order valence-electron chi connectivity index (χ4n) is 4.96. The Balaban J connectivity index is 0.000001000. The summed E-state index contributed by atoms with van der Waals surface area (Å²) in [5.74, 6) is 0. The molecular weight excluding hydrogens is 348 g/mol. The van der Waals surface area contributed by atoms with Crippen LogP contribution in [0.15, 0.2) is 103 Å². The molecule has 0 atom stereocenters. The van der Waals surface area contributed by atoms with Crippen LogP contribution in [0.3, 0.4) is 0 Å². The lowest BCUT2D eigenvalue weighted by Crippen LogP contribution is -2.26. The third-order valence-corrected chi connectivity index (χ3v) is 5.81. The summed E-state index contributed by atoms with van der Waals surface area (Å²) in [7, 11) is 0. The molecule has 1 spiro atoms. The van der Waals surface area contributed by atoms with E-state index in [2.05, 4.69) is 105 Å². The minimum absolute atomic E-state index is 0. The summed E-state index contributed by atoms with van der Waals surface area (Å²) in [6.07, 6.45) is 6.42. The molecule has 3 aromatic rings. The van der Waals surface area contributed by atoms with Crippen LogP contribution in [0, 0.1) is 0 Å². The summed E-state index contributed by atoms with van der Waals surface area (Å²) < 4.78 is 0. The monoisotopic (exact) mass is 380 g/mol. The minimum Gasteiger partial charge on any atom is -0.0987 e. The molecule has 0 aromatic heterocycles. The van der Waals surface area contributed by atoms with Gasteiger partial charge in [0.2, 0.25) is 0 Å². The Bertz CT molecular complexity index is 1060. The van der Waals surface area contributed by atoms with E-state index in [9.17, 15) is 0 Å². The first-order valence-electron chi connectivity index (χ1n) is 9.13. The third kappa shape index (κ3) is 2.59. The molecule has 3 aromatic carbocycles. The standard InChI is InChI=1S/C26H20.3CH4/c1-3-11-18-19-12-5-8-15-23(19)26(22(18)4-2)24-16-9-6-13-20(24)21-14-7-10-17-25(21)26;;;/h3-17H,2H2,1H3;3*1H4/b11-3-;;;. The second-order valence-electron chi connectivity index (χ2n) is 6.92. The van der Waals surface area contributed by atoms with E-state index in [1.54, 1.807) is 0 Å². The zero-order valence-electron chi connectivity index (χ0n) is 14.9. The van der Waals surface area contributed by atoms with Crippen molar-refractivity contribution < 1.29 is 0 Å². The molecule has 0 aliphatic heterocycles. The first-order chi connectivity index (χ1) is 12.8. The molecule has 2 aliphatic carbocycles. The van der Waals surface area contributed by atoms with Crippen LogP contribution < -0.4 is 0 Å². The molecule has 0 saturated heterocycles. The van der Waals surface area contributed by atoms with E-state index in [0.29, 0.717) is 0 Å². The maximum Gasteiger partial charge on any atom is 0.0725 e. The van der Waals surface area contributed by atoms with Crippen LogP contribution in [0.5, 0.6) is 0 Å². The van der Waals surface area contributed by atoms with Crippen molar-refractivity contribution in [2.45, 2.75) is 34.6 Å². The van der Waals surface area contributed by atoms with Crippen LogP contribution in [-0.2, 0) is 5.41 Å². The van der Waals surface area contributed by atoms with E-state index in [1.165, 1.54) is 44.5 Å². The van der Waals surface area contributed by atoms with Crippen LogP contribution in [0.2, 0.25) is 0 Å². The quantitative estimate of drug-likeness (QED) is 0.418. The second kappa shape index (κ2) is 8.09. The molecule has 148 valence electrons. The average Bonchev–Trinajstić information content (AvgIpc) is 3.15. The van der Waals surface area contributed by atoms with Crippen LogP contribution in [-0.4, -0.2) is 0 Å². The predicted octanol–water partition coefficient (Wildman–Crippen LogP) is 8.44. The van der Waals surface area contributed by atoms with E-state index in [-0.39, 0.29) is 27.7 Å². The molecule has 0 N–H and O–H groups in total. The lowest BCUT2D eigenvalue weighted by Gasteiger charge is -2.31. The fraction of sp³-hybridized carbons (Fsp3) is 0.172. The topological polar surface area (TPSA) is 0 Å². The predicted molar refractivity (Wildman–Crippen MR) is 130 cm³/mol. The van der Waals surface area contributed by atoms with Gasteiger partial charge in [-0.1, -0.05) is 120 Å². The van der Waals surface area contributed by atoms with E-state index >= 15 is 0 Å². The van der Waals surface area contributed by atoms with Gasteiger partial charge in [0.25, 0.3) is 0 Å². The maximum atomic E-state index is 4.23. The molecule has 0 radical (unpaired) electrons. The SMILES string of the molecule is C.C.C.C=CC1=C(/C=C\C)c2ccccc2C12c1ccccc1-c1ccccc12. The van der Waals surface area contributed by atoms with Gasteiger partial charge in [0.1, 0.15) is 0 Å². The van der Waals surface area contributed by atoms with Gasteiger partial charge in [0, 0.05) is 0 Å². The Hall–Kier alpha value is -3.12. The third-order valence-electron chi connectivity index (χ3n) is 5.81.